The van der Waals surface area contributed by atoms with Gasteiger partial charge in [0, 0.05) is 5.92 Å². The van der Waals surface area contributed by atoms with E-state index in [1.165, 1.54) is 0 Å². The standard InChI is InChI=1S/C12H14BrN3/c13-12-5-10(11(15)7-16-12)4-8-1-2-9(3-8)6-14/h5,7-9H,1-4,15H2. The molecule has 1 aliphatic carbocycles. The molecule has 2 N–H and O–H groups in total. The van der Waals surface area contributed by atoms with Crippen molar-refractivity contribution < 1.29 is 0 Å². The van der Waals surface area contributed by atoms with Crippen LogP contribution in [0.1, 0.15) is 24.8 Å². The minimum atomic E-state index is 0.247. The molecule has 2 rings (SSSR count). The highest BCUT2D eigenvalue weighted by Gasteiger charge is 2.24. The maximum Gasteiger partial charge on any atom is 0.106 e. The predicted molar refractivity (Wildman–Crippen MR) is 66.5 cm³/mol. The lowest BCUT2D eigenvalue weighted by Crippen LogP contribution is -2.04. The summed E-state index contributed by atoms with van der Waals surface area (Å²) >= 11 is 3.35. The summed E-state index contributed by atoms with van der Waals surface area (Å²) in [6, 6.07) is 4.33. The second-order valence-electron chi connectivity index (χ2n) is 4.42. The Bertz CT molecular complexity index is 425. The molecular weight excluding hydrogens is 266 g/mol. The van der Waals surface area contributed by atoms with Gasteiger partial charge in [-0.3, -0.25) is 0 Å². The Morgan fingerprint density at radius 1 is 1.56 bits per heavy atom. The molecule has 1 aromatic rings. The van der Waals surface area contributed by atoms with Gasteiger partial charge >= 0.3 is 0 Å². The van der Waals surface area contributed by atoms with Gasteiger partial charge in [-0.1, -0.05) is 0 Å². The Morgan fingerprint density at radius 2 is 2.38 bits per heavy atom. The average molecular weight is 280 g/mol. The van der Waals surface area contributed by atoms with E-state index in [2.05, 4.69) is 27.0 Å². The SMILES string of the molecule is N#CC1CCC(Cc2cc(Br)ncc2N)C1. The molecule has 0 radical (unpaired) electrons. The second-order valence-corrected chi connectivity index (χ2v) is 5.23. The van der Waals surface area contributed by atoms with Crippen molar-refractivity contribution in [3.8, 4) is 6.07 Å². The van der Waals surface area contributed by atoms with E-state index in [9.17, 15) is 0 Å². The number of hydrogen-bond donors (Lipinski definition) is 1. The summed E-state index contributed by atoms with van der Waals surface area (Å²) in [6.07, 6.45) is 5.84. The number of nitrogen functional groups attached to an aromatic ring is 1. The Hall–Kier alpha value is -1.08. The molecular formula is C12H14BrN3. The van der Waals surface area contributed by atoms with Crippen LogP contribution >= 0.6 is 15.9 Å². The van der Waals surface area contributed by atoms with Crippen LogP contribution in [0, 0.1) is 23.2 Å². The van der Waals surface area contributed by atoms with E-state index in [0.29, 0.717) is 5.92 Å². The third-order valence-corrected chi connectivity index (χ3v) is 3.66. The average Bonchev–Trinajstić information content (AvgIpc) is 2.71. The van der Waals surface area contributed by atoms with E-state index in [1.807, 2.05) is 6.07 Å². The fourth-order valence-corrected chi connectivity index (χ4v) is 2.72. The van der Waals surface area contributed by atoms with Crippen molar-refractivity contribution in [2.24, 2.45) is 11.8 Å². The molecule has 0 aromatic carbocycles. The third-order valence-electron chi connectivity index (χ3n) is 3.22. The van der Waals surface area contributed by atoms with Crippen LogP contribution < -0.4 is 5.73 Å². The Kier molecular flexibility index (Phi) is 3.45. The summed E-state index contributed by atoms with van der Waals surface area (Å²) in [7, 11) is 0. The van der Waals surface area contributed by atoms with Crippen LogP contribution in [0.15, 0.2) is 16.9 Å². The van der Waals surface area contributed by atoms with Crippen LogP contribution in [-0.2, 0) is 6.42 Å². The fourth-order valence-electron chi connectivity index (χ4n) is 2.34. The molecule has 4 heteroatoms. The third kappa shape index (κ3) is 2.53. The van der Waals surface area contributed by atoms with Crippen molar-refractivity contribution in [2.45, 2.75) is 25.7 Å². The number of hydrogen-bond acceptors (Lipinski definition) is 3. The van der Waals surface area contributed by atoms with Gasteiger partial charge in [0.1, 0.15) is 4.60 Å². The molecule has 84 valence electrons. The van der Waals surface area contributed by atoms with Gasteiger partial charge in [-0.05, 0) is 59.2 Å². The fraction of sp³-hybridized carbons (Fsp3) is 0.500. The number of anilines is 1. The number of nitrogens with zero attached hydrogens (tertiary/aromatic N) is 2. The molecule has 1 fully saturated rings. The maximum absolute atomic E-state index is 8.86. The summed E-state index contributed by atoms with van der Waals surface area (Å²) in [6.45, 7) is 0. The molecule has 0 aliphatic heterocycles. The van der Waals surface area contributed by atoms with Crippen molar-refractivity contribution in [2.75, 3.05) is 5.73 Å². The van der Waals surface area contributed by atoms with Crippen LogP contribution in [0.2, 0.25) is 0 Å². The number of nitriles is 1. The first-order valence-corrected chi connectivity index (χ1v) is 6.28. The van der Waals surface area contributed by atoms with Gasteiger partial charge < -0.3 is 5.73 Å². The molecule has 2 unspecified atom stereocenters. The Balaban J connectivity index is 2.05. The normalized spacial score (nSPS) is 24.2. The summed E-state index contributed by atoms with van der Waals surface area (Å²) < 4.78 is 0.825. The van der Waals surface area contributed by atoms with Crippen LogP contribution in [-0.4, -0.2) is 4.98 Å². The monoisotopic (exact) mass is 279 g/mol. The van der Waals surface area contributed by atoms with Gasteiger partial charge in [-0.15, -0.1) is 0 Å². The molecule has 3 nitrogen and oxygen atoms in total. The van der Waals surface area contributed by atoms with Crippen molar-refractivity contribution in [1.29, 1.82) is 5.26 Å². The minimum Gasteiger partial charge on any atom is -0.397 e. The number of nitrogens with two attached hydrogens (primary N) is 1. The van der Waals surface area contributed by atoms with Crippen molar-refractivity contribution in [1.82, 2.24) is 4.98 Å². The summed E-state index contributed by atoms with van der Waals surface area (Å²) in [5.41, 5.74) is 7.78. The molecule has 0 amide bonds. The lowest BCUT2D eigenvalue weighted by atomic mass is 9.97. The van der Waals surface area contributed by atoms with Gasteiger partial charge in [0.15, 0.2) is 0 Å². The predicted octanol–water partition coefficient (Wildman–Crippen LogP) is 2.91. The quantitative estimate of drug-likeness (QED) is 0.847. The number of aromatic nitrogens is 1. The minimum absolute atomic E-state index is 0.247. The number of pyridine rings is 1. The summed E-state index contributed by atoms with van der Waals surface area (Å²) in [5, 5.41) is 8.86. The van der Waals surface area contributed by atoms with Crippen molar-refractivity contribution in [3.05, 3.63) is 22.4 Å². The molecule has 0 bridgehead atoms. The van der Waals surface area contributed by atoms with E-state index < -0.39 is 0 Å². The molecule has 0 spiro atoms. The van der Waals surface area contributed by atoms with Gasteiger partial charge in [0.25, 0.3) is 0 Å². The zero-order valence-electron chi connectivity index (χ0n) is 8.99. The van der Waals surface area contributed by atoms with Crippen molar-refractivity contribution in [3.63, 3.8) is 0 Å². The first-order chi connectivity index (χ1) is 7.69. The van der Waals surface area contributed by atoms with Gasteiger partial charge in [0.05, 0.1) is 18.0 Å². The van der Waals surface area contributed by atoms with E-state index in [-0.39, 0.29) is 5.92 Å². The lowest BCUT2D eigenvalue weighted by molar-refractivity contribution is 0.532. The van der Waals surface area contributed by atoms with Crippen LogP contribution in [0.25, 0.3) is 0 Å². The molecule has 1 saturated carbocycles. The van der Waals surface area contributed by atoms with E-state index >= 15 is 0 Å². The van der Waals surface area contributed by atoms with E-state index in [0.717, 1.165) is 41.5 Å². The maximum atomic E-state index is 8.86. The number of rotatable bonds is 2. The zero-order chi connectivity index (χ0) is 11.5. The first kappa shape index (κ1) is 11.4. The molecule has 16 heavy (non-hydrogen) atoms. The van der Waals surface area contributed by atoms with E-state index in [1.54, 1.807) is 6.20 Å². The Morgan fingerprint density at radius 3 is 3.06 bits per heavy atom. The molecule has 1 aliphatic rings. The number of halogens is 1. The largest absolute Gasteiger partial charge is 0.397 e. The molecule has 0 saturated heterocycles. The first-order valence-electron chi connectivity index (χ1n) is 5.48. The Labute approximate surface area is 104 Å². The summed E-state index contributed by atoms with van der Waals surface area (Å²) in [4.78, 5) is 4.08. The topological polar surface area (TPSA) is 62.7 Å². The van der Waals surface area contributed by atoms with Crippen LogP contribution in [0.3, 0.4) is 0 Å². The molecule has 2 atom stereocenters. The van der Waals surface area contributed by atoms with Gasteiger partial charge in [0.2, 0.25) is 0 Å². The van der Waals surface area contributed by atoms with Gasteiger partial charge in [-0.25, -0.2) is 4.98 Å². The highest BCUT2D eigenvalue weighted by atomic mass is 79.9. The second kappa shape index (κ2) is 4.84. The lowest BCUT2D eigenvalue weighted by Gasteiger charge is -2.11. The van der Waals surface area contributed by atoms with Crippen LogP contribution in [0.5, 0.6) is 0 Å². The van der Waals surface area contributed by atoms with Crippen LogP contribution in [0.4, 0.5) is 5.69 Å². The zero-order valence-corrected chi connectivity index (χ0v) is 10.6. The highest BCUT2D eigenvalue weighted by molar-refractivity contribution is 9.10. The van der Waals surface area contributed by atoms with Crippen molar-refractivity contribution >= 4 is 21.6 Å². The van der Waals surface area contributed by atoms with E-state index in [4.69, 9.17) is 11.0 Å². The molecule has 1 heterocycles. The smallest absolute Gasteiger partial charge is 0.106 e. The van der Waals surface area contributed by atoms with Gasteiger partial charge in [-0.2, -0.15) is 5.26 Å². The highest BCUT2D eigenvalue weighted by Crippen LogP contribution is 2.33. The molecule has 1 aromatic heterocycles. The summed E-state index contributed by atoms with van der Waals surface area (Å²) in [5.74, 6) is 0.845.